The average molecular weight is 288 g/mol. The van der Waals surface area contributed by atoms with Gasteiger partial charge in [-0.05, 0) is 38.0 Å². The number of rotatable bonds is 6. The van der Waals surface area contributed by atoms with Crippen molar-refractivity contribution in [3.8, 4) is 0 Å². The molecule has 0 aliphatic rings. The van der Waals surface area contributed by atoms with Crippen LogP contribution in [0.15, 0.2) is 30.6 Å². The van der Waals surface area contributed by atoms with E-state index in [1.54, 1.807) is 18.5 Å². The molecule has 0 saturated heterocycles. The van der Waals surface area contributed by atoms with Gasteiger partial charge >= 0.3 is 0 Å². The molecular weight excluding hydrogens is 267 g/mol. The summed E-state index contributed by atoms with van der Waals surface area (Å²) in [7, 11) is 0. The molecule has 0 fully saturated rings. The minimum absolute atomic E-state index is 0.0400. The van der Waals surface area contributed by atoms with Gasteiger partial charge in [0, 0.05) is 18.2 Å². The predicted octanol–water partition coefficient (Wildman–Crippen LogP) is 3.92. The van der Waals surface area contributed by atoms with Gasteiger partial charge in [-0.15, -0.1) is 0 Å². The van der Waals surface area contributed by atoms with Crippen LogP contribution in [0.2, 0.25) is 0 Å². The molecule has 1 aromatic heterocycles. The van der Waals surface area contributed by atoms with Crippen LogP contribution in [0.25, 0.3) is 0 Å². The van der Waals surface area contributed by atoms with Crippen molar-refractivity contribution in [1.82, 2.24) is 9.97 Å². The first-order chi connectivity index (χ1) is 10.1. The summed E-state index contributed by atoms with van der Waals surface area (Å²) >= 11 is 0. The largest absolute Gasteiger partial charge is 0.370 e. The molecule has 0 bridgehead atoms. The van der Waals surface area contributed by atoms with Crippen LogP contribution in [0.1, 0.15) is 37.4 Å². The number of benzene rings is 1. The third-order valence-electron chi connectivity index (χ3n) is 3.35. The Kier molecular flexibility index (Phi) is 5.09. The van der Waals surface area contributed by atoms with Gasteiger partial charge in [-0.2, -0.15) is 0 Å². The second kappa shape index (κ2) is 7.02. The summed E-state index contributed by atoms with van der Waals surface area (Å²) in [5, 5.41) is 6.63. The van der Waals surface area contributed by atoms with Crippen LogP contribution in [0.4, 0.5) is 16.0 Å². The standard InChI is InChI=1S/C16H21FN4/c1-4-9-18-15-11(2)16(20-10-19-15)21-12(3)13-5-7-14(17)8-6-13/h5-8,10,12H,4,9H2,1-3H3,(H2,18,19,20,21). The molecule has 1 aromatic carbocycles. The quantitative estimate of drug-likeness (QED) is 0.846. The van der Waals surface area contributed by atoms with Crippen LogP contribution in [0, 0.1) is 12.7 Å². The van der Waals surface area contributed by atoms with Gasteiger partial charge in [0.25, 0.3) is 0 Å². The van der Waals surface area contributed by atoms with E-state index in [4.69, 9.17) is 0 Å². The molecule has 0 aliphatic carbocycles. The van der Waals surface area contributed by atoms with Crippen molar-refractivity contribution in [3.63, 3.8) is 0 Å². The van der Waals surface area contributed by atoms with Gasteiger partial charge in [0.15, 0.2) is 0 Å². The lowest BCUT2D eigenvalue weighted by Crippen LogP contribution is -2.12. The fraction of sp³-hybridized carbons (Fsp3) is 0.375. The minimum atomic E-state index is -0.227. The maximum Gasteiger partial charge on any atom is 0.134 e. The smallest absolute Gasteiger partial charge is 0.134 e. The highest BCUT2D eigenvalue weighted by Crippen LogP contribution is 2.23. The van der Waals surface area contributed by atoms with E-state index in [1.807, 2.05) is 13.8 Å². The highest BCUT2D eigenvalue weighted by molar-refractivity contribution is 5.57. The molecular formula is C16H21FN4. The number of hydrogen-bond donors (Lipinski definition) is 2. The lowest BCUT2D eigenvalue weighted by Gasteiger charge is -2.18. The Morgan fingerprint density at radius 2 is 1.81 bits per heavy atom. The van der Waals surface area contributed by atoms with Crippen LogP contribution >= 0.6 is 0 Å². The third-order valence-corrected chi connectivity index (χ3v) is 3.35. The van der Waals surface area contributed by atoms with Gasteiger partial charge < -0.3 is 10.6 Å². The van der Waals surface area contributed by atoms with Crippen molar-refractivity contribution in [2.45, 2.75) is 33.2 Å². The summed E-state index contributed by atoms with van der Waals surface area (Å²) in [4.78, 5) is 8.55. The van der Waals surface area contributed by atoms with Crippen LogP contribution < -0.4 is 10.6 Å². The van der Waals surface area contributed by atoms with E-state index in [0.717, 1.165) is 35.7 Å². The Labute approximate surface area is 124 Å². The molecule has 21 heavy (non-hydrogen) atoms. The molecule has 0 amide bonds. The predicted molar refractivity (Wildman–Crippen MR) is 84.0 cm³/mol. The molecule has 2 rings (SSSR count). The number of nitrogens with one attached hydrogen (secondary N) is 2. The van der Waals surface area contributed by atoms with Crippen LogP contribution in [-0.4, -0.2) is 16.5 Å². The Bertz CT molecular complexity index is 583. The second-order valence-corrected chi connectivity index (χ2v) is 5.04. The van der Waals surface area contributed by atoms with Gasteiger partial charge in [0.2, 0.25) is 0 Å². The van der Waals surface area contributed by atoms with E-state index in [9.17, 15) is 4.39 Å². The Hall–Kier alpha value is -2.17. The zero-order valence-electron chi connectivity index (χ0n) is 12.7. The van der Waals surface area contributed by atoms with Gasteiger partial charge in [-0.1, -0.05) is 19.1 Å². The fourth-order valence-electron chi connectivity index (χ4n) is 2.06. The first-order valence-electron chi connectivity index (χ1n) is 7.19. The number of aromatic nitrogens is 2. The van der Waals surface area contributed by atoms with Crippen LogP contribution in [-0.2, 0) is 0 Å². The maximum absolute atomic E-state index is 13.0. The number of anilines is 2. The molecule has 0 spiro atoms. The molecule has 5 heteroatoms. The minimum Gasteiger partial charge on any atom is -0.370 e. The maximum atomic E-state index is 13.0. The molecule has 112 valence electrons. The topological polar surface area (TPSA) is 49.8 Å². The SMILES string of the molecule is CCCNc1ncnc(NC(C)c2ccc(F)cc2)c1C. The molecule has 1 unspecified atom stereocenters. The van der Waals surface area contributed by atoms with E-state index in [-0.39, 0.29) is 11.9 Å². The van der Waals surface area contributed by atoms with Gasteiger partial charge in [0.05, 0.1) is 0 Å². The van der Waals surface area contributed by atoms with Crippen molar-refractivity contribution < 1.29 is 4.39 Å². The first kappa shape index (κ1) is 15.2. The Balaban J connectivity index is 2.13. The Morgan fingerprint density at radius 1 is 1.14 bits per heavy atom. The van der Waals surface area contributed by atoms with Crippen LogP contribution in [0.3, 0.4) is 0 Å². The first-order valence-corrected chi connectivity index (χ1v) is 7.19. The summed E-state index contributed by atoms with van der Waals surface area (Å²) in [6.07, 6.45) is 2.59. The third kappa shape index (κ3) is 3.90. The summed E-state index contributed by atoms with van der Waals surface area (Å²) in [5.41, 5.74) is 2.00. The summed E-state index contributed by atoms with van der Waals surface area (Å²) in [6, 6.07) is 6.53. The molecule has 4 nitrogen and oxygen atoms in total. The molecule has 0 aliphatic heterocycles. The zero-order chi connectivity index (χ0) is 15.2. The molecule has 2 aromatic rings. The second-order valence-electron chi connectivity index (χ2n) is 5.04. The van der Waals surface area contributed by atoms with E-state index >= 15 is 0 Å². The van der Waals surface area contributed by atoms with Crippen molar-refractivity contribution in [3.05, 3.63) is 47.5 Å². The van der Waals surface area contributed by atoms with Crippen molar-refractivity contribution in [2.24, 2.45) is 0 Å². The van der Waals surface area contributed by atoms with E-state index in [1.165, 1.54) is 12.1 Å². The van der Waals surface area contributed by atoms with Gasteiger partial charge in [-0.25, -0.2) is 14.4 Å². The molecule has 0 saturated carbocycles. The number of hydrogen-bond acceptors (Lipinski definition) is 4. The van der Waals surface area contributed by atoms with Gasteiger partial charge in [-0.3, -0.25) is 0 Å². The molecule has 0 radical (unpaired) electrons. The lowest BCUT2D eigenvalue weighted by atomic mass is 10.1. The van der Waals surface area contributed by atoms with Crippen molar-refractivity contribution >= 4 is 11.6 Å². The van der Waals surface area contributed by atoms with Crippen LogP contribution in [0.5, 0.6) is 0 Å². The highest BCUT2D eigenvalue weighted by atomic mass is 19.1. The van der Waals surface area contributed by atoms with E-state index in [0.29, 0.717) is 0 Å². The average Bonchev–Trinajstić information content (AvgIpc) is 2.49. The van der Waals surface area contributed by atoms with Gasteiger partial charge in [0.1, 0.15) is 23.8 Å². The van der Waals surface area contributed by atoms with Crippen molar-refractivity contribution in [1.29, 1.82) is 0 Å². The Morgan fingerprint density at radius 3 is 2.48 bits per heavy atom. The zero-order valence-corrected chi connectivity index (χ0v) is 12.7. The monoisotopic (exact) mass is 288 g/mol. The number of halogens is 1. The van der Waals surface area contributed by atoms with Crippen molar-refractivity contribution in [2.75, 3.05) is 17.2 Å². The summed E-state index contributed by atoms with van der Waals surface area (Å²) in [5.74, 6) is 1.41. The highest BCUT2D eigenvalue weighted by Gasteiger charge is 2.11. The fourth-order valence-corrected chi connectivity index (χ4v) is 2.06. The lowest BCUT2D eigenvalue weighted by molar-refractivity contribution is 0.626. The molecule has 1 heterocycles. The van der Waals surface area contributed by atoms with E-state index < -0.39 is 0 Å². The normalized spacial score (nSPS) is 12.0. The number of nitrogens with zero attached hydrogens (tertiary/aromatic N) is 2. The molecule has 2 N–H and O–H groups in total. The molecule has 1 atom stereocenters. The van der Waals surface area contributed by atoms with E-state index in [2.05, 4.69) is 27.5 Å². The summed E-state index contributed by atoms with van der Waals surface area (Å²) < 4.78 is 13.0. The summed E-state index contributed by atoms with van der Waals surface area (Å²) in [6.45, 7) is 7.00.